The molecule has 0 aliphatic rings. The molecule has 9 heteroatoms. The number of hydrogen-bond donors (Lipinski definition) is 4. The van der Waals surface area contributed by atoms with Crippen LogP contribution in [-0.2, 0) is 17.9 Å². The number of carbonyl (C=O) groups excluding carboxylic acids is 1. The van der Waals surface area contributed by atoms with E-state index in [4.69, 9.17) is 63.6 Å². The van der Waals surface area contributed by atoms with Gasteiger partial charge in [-0.25, -0.2) is 0 Å². The van der Waals surface area contributed by atoms with E-state index in [1.54, 1.807) is 24.3 Å². The van der Waals surface area contributed by atoms with Crippen molar-refractivity contribution >= 4 is 63.7 Å². The van der Waals surface area contributed by atoms with Gasteiger partial charge in [0, 0.05) is 18.5 Å². The second-order valence-electron chi connectivity index (χ2n) is 7.01. The molecule has 28 heavy (non-hydrogen) atoms. The van der Waals surface area contributed by atoms with E-state index in [2.05, 4.69) is 5.32 Å². The number of nitrogens with two attached hydrogens (primary N) is 3. The summed E-state index contributed by atoms with van der Waals surface area (Å²) in [6.45, 7) is 6.26. The van der Waals surface area contributed by atoms with E-state index in [-0.39, 0.29) is 5.91 Å². The molecule has 0 fully saturated rings. The lowest BCUT2D eigenvalue weighted by Gasteiger charge is -2.18. The Morgan fingerprint density at radius 2 is 1.32 bits per heavy atom. The highest BCUT2D eigenvalue weighted by molar-refractivity contribution is 6.39. The Balaban J connectivity index is 0.000000307. The number of anilines is 2. The summed E-state index contributed by atoms with van der Waals surface area (Å²) in [5.41, 5.74) is 18.5. The van der Waals surface area contributed by atoms with Gasteiger partial charge in [-0.05, 0) is 23.3 Å². The van der Waals surface area contributed by atoms with Crippen LogP contribution < -0.4 is 22.5 Å². The maximum atomic E-state index is 11.7. The van der Waals surface area contributed by atoms with E-state index in [9.17, 15) is 4.79 Å². The van der Waals surface area contributed by atoms with Crippen LogP contribution in [0.1, 0.15) is 31.9 Å². The summed E-state index contributed by atoms with van der Waals surface area (Å²) in [6.07, 6.45) is 0. The molecule has 0 heterocycles. The monoisotopic (exact) mass is 464 g/mol. The lowest BCUT2D eigenvalue weighted by Crippen LogP contribution is -2.34. The first-order chi connectivity index (χ1) is 12.9. The largest absolute Gasteiger partial charge is 0.396 e. The van der Waals surface area contributed by atoms with Gasteiger partial charge in [-0.15, -0.1) is 0 Å². The molecule has 0 unspecified atom stereocenters. The maximum Gasteiger partial charge on any atom is 0.225 e. The fraction of sp³-hybridized carbons (Fsp3) is 0.316. The molecule has 0 bridgehead atoms. The van der Waals surface area contributed by atoms with Crippen LogP contribution in [-0.4, -0.2) is 5.91 Å². The van der Waals surface area contributed by atoms with Crippen LogP contribution in [0.5, 0.6) is 0 Å². The number of halogens is 4. The minimum atomic E-state index is -0.426. The molecule has 154 valence electrons. The highest BCUT2D eigenvalue weighted by atomic mass is 35.5. The summed E-state index contributed by atoms with van der Waals surface area (Å²) in [5, 5.41) is 4.54. The first-order valence-corrected chi connectivity index (χ1v) is 9.84. The van der Waals surface area contributed by atoms with E-state index < -0.39 is 5.41 Å². The van der Waals surface area contributed by atoms with Crippen molar-refractivity contribution in [3.8, 4) is 0 Å². The Bertz CT molecular complexity index is 851. The molecule has 0 aliphatic heterocycles. The van der Waals surface area contributed by atoms with E-state index in [1.807, 2.05) is 20.8 Å². The van der Waals surface area contributed by atoms with E-state index in [0.717, 1.165) is 11.1 Å². The van der Waals surface area contributed by atoms with Crippen molar-refractivity contribution in [3.63, 3.8) is 0 Å². The highest BCUT2D eigenvalue weighted by Gasteiger charge is 2.21. The molecular formula is C19H24Cl4N4O. The first kappa shape index (κ1) is 24.7. The predicted octanol–water partition coefficient (Wildman–Crippen LogP) is 5.27. The van der Waals surface area contributed by atoms with Crippen LogP contribution in [0.3, 0.4) is 0 Å². The van der Waals surface area contributed by atoms with Gasteiger partial charge in [-0.2, -0.15) is 0 Å². The Morgan fingerprint density at radius 1 is 0.893 bits per heavy atom. The molecule has 7 N–H and O–H groups in total. The number of rotatable bonds is 3. The number of carbonyl (C=O) groups is 1. The molecule has 2 aromatic carbocycles. The van der Waals surface area contributed by atoms with Crippen molar-refractivity contribution in [2.24, 2.45) is 11.1 Å². The summed E-state index contributed by atoms with van der Waals surface area (Å²) in [4.78, 5) is 11.7. The molecule has 0 aromatic heterocycles. The predicted molar refractivity (Wildman–Crippen MR) is 121 cm³/mol. The molecule has 2 rings (SSSR count). The van der Waals surface area contributed by atoms with Crippen LogP contribution in [0, 0.1) is 5.41 Å². The zero-order chi connectivity index (χ0) is 21.6. The van der Waals surface area contributed by atoms with Gasteiger partial charge in [-0.1, -0.05) is 79.3 Å². The smallest absolute Gasteiger partial charge is 0.225 e. The molecule has 5 nitrogen and oxygen atoms in total. The third-order valence-corrected chi connectivity index (χ3v) is 5.31. The average molecular weight is 466 g/mol. The lowest BCUT2D eigenvalue weighted by molar-refractivity contribution is -0.128. The summed E-state index contributed by atoms with van der Waals surface area (Å²) in [6, 6.07) is 6.87. The lowest BCUT2D eigenvalue weighted by atomic mass is 9.95. The van der Waals surface area contributed by atoms with Crippen LogP contribution in [0.15, 0.2) is 24.3 Å². The topological polar surface area (TPSA) is 107 Å². The van der Waals surface area contributed by atoms with Gasteiger partial charge >= 0.3 is 0 Å². The van der Waals surface area contributed by atoms with E-state index in [0.29, 0.717) is 44.6 Å². The van der Waals surface area contributed by atoms with Gasteiger partial charge < -0.3 is 22.5 Å². The average Bonchev–Trinajstić information content (AvgIpc) is 2.63. The normalized spacial score (nSPS) is 10.9. The van der Waals surface area contributed by atoms with Crippen molar-refractivity contribution in [1.82, 2.24) is 5.32 Å². The molecular weight excluding hydrogens is 442 g/mol. The van der Waals surface area contributed by atoms with E-state index in [1.165, 1.54) is 0 Å². The van der Waals surface area contributed by atoms with Crippen LogP contribution in [0.4, 0.5) is 11.4 Å². The number of nitrogen functional groups attached to an aromatic ring is 2. The van der Waals surface area contributed by atoms with Crippen molar-refractivity contribution in [2.75, 3.05) is 11.5 Å². The Hall–Kier alpha value is -1.37. The SMILES string of the molecule is CC(C)(C)C(=O)NCc1ccc(Cl)c(N)c1Cl.NCc1ccc(Cl)c(N)c1Cl. The summed E-state index contributed by atoms with van der Waals surface area (Å²) in [5.74, 6) is -0.0397. The maximum absolute atomic E-state index is 11.7. The van der Waals surface area contributed by atoms with Crippen LogP contribution >= 0.6 is 46.4 Å². The van der Waals surface area contributed by atoms with Gasteiger partial charge in [0.1, 0.15) is 0 Å². The Labute approximate surface area is 185 Å². The zero-order valence-corrected chi connectivity index (χ0v) is 18.9. The van der Waals surface area contributed by atoms with Crippen molar-refractivity contribution in [2.45, 2.75) is 33.9 Å². The minimum absolute atomic E-state index is 0.0397. The van der Waals surface area contributed by atoms with Crippen LogP contribution in [0.25, 0.3) is 0 Å². The third-order valence-electron chi connectivity index (χ3n) is 3.75. The summed E-state index contributed by atoms with van der Waals surface area (Å²) in [7, 11) is 0. The molecule has 1 amide bonds. The van der Waals surface area contributed by atoms with Gasteiger partial charge in [-0.3, -0.25) is 4.79 Å². The standard InChI is InChI=1S/C12H16Cl2N2O.C7H8Cl2N2/c1-12(2,3)11(17)16-6-7-4-5-8(13)10(15)9(7)14;8-5-2-1-4(3-10)6(9)7(5)11/h4-5H,6,15H2,1-3H3,(H,16,17);1-2H,3,10-11H2. The molecule has 0 aliphatic carbocycles. The number of hydrogen-bond acceptors (Lipinski definition) is 4. The van der Waals surface area contributed by atoms with Gasteiger partial charge in [0.15, 0.2) is 0 Å². The number of benzene rings is 2. The Kier molecular flexibility index (Phi) is 9.18. The molecule has 2 aromatic rings. The van der Waals surface area contributed by atoms with Gasteiger partial charge in [0.05, 0.1) is 31.5 Å². The molecule has 0 saturated heterocycles. The molecule has 0 spiro atoms. The summed E-state index contributed by atoms with van der Waals surface area (Å²) >= 11 is 23.4. The van der Waals surface area contributed by atoms with Gasteiger partial charge in [0.2, 0.25) is 5.91 Å². The fourth-order valence-electron chi connectivity index (χ4n) is 1.96. The van der Waals surface area contributed by atoms with Crippen molar-refractivity contribution in [3.05, 3.63) is 55.5 Å². The van der Waals surface area contributed by atoms with Crippen LogP contribution in [0.2, 0.25) is 20.1 Å². The second-order valence-corrected chi connectivity index (χ2v) is 8.58. The molecule has 0 radical (unpaired) electrons. The molecule has 0 atom stereocenters. The second kappa shape index (κ2) is 10.4. The first-order valence-electron chi connectivity index (χ1n) is 8.33. The number of amides is 1. The number of nitrogens with one attached hydrogen (secondary N) is 1. The van der Waals surface area contributed by atoms with Crippen molar-refractivity contribution in [1.29, 1.82) is 0 Å². The molecule has 0 saturated carbocycles. The summed E-state index contributed by atoms with van der Waals surface area (Å²) < 4.78 is 0. The van der Waals surface area contributed by atoms with Gasteiger partial charge in [0.25, 0.3) is 0 Å². The van der Waals surface area contributed by atoms with Crippen molar-refractivity contribution < 1.29 is 4.79 Å². The zero-order valence-electron chi connectivity index (χ0n) is 15.9. The fourth-order valence-corrected chi connectivity index (χ4v) is 2.85. The van der Waals surface area contributed by atoms with E-state index >= 15 is 0 Å². The minimum Gasteiger partial charge on any atom is -0.396 e. The Morgan fingerprint density at radius 3 is 1.75 bits per heavy atom. The quantitative estimate of drug-likeness (QED) is 0.463. The highest BCUT2D eigenvalue weighted by Crippen LogP contribution is 2.31. The third kappa shape index (κ3) is 6.61.